The average molecular weight is 417 g/mol. The lowest BCUT2D eigenvalue weighted by molar-refractivity contribution is 0.0526. The topological polar surface area (TPSA) is 68.8 Å². The zero-order chi connectivity index (χ0) is 21.2. The number of carbonyl (C=O) groups is 1. The highest BCUT2D eigenvalue weighted by molar-refractivity contribution is 7.80. The summed E-state index contributed by atoms with van der Waals surface area (Å²) in [6.07, 6.45) is 1.78. The predicted octanol–water partition coefficient (Wildman–Crippen LogP) is 4.11. The minimum atomic E-state index is -0.343. The van der Waals surface area contributed by atoms with Crippen LogP contribution in [-0.2, 0) is 11.2 Å². The first-order valence-electron chi connectivity index (χ1n) is 9.52. The molecule has 0 amide bonds. The fourth-order valence-electron chi connectivity index (χ4n) is 2.80. The van der Waals surface area contributed by atoms with Crippen molar-refractivity contribution in [3.05, 3.63) is 53.1 Å². The summed E-state index contributed by atoms with van der Waals surface area (Å²) in [7, 11) is 3.26. The first kappa shape index (κ1) is 22.5. The van der Waals surface area contributed by atoms with Crippen LogP contribution in [0.3, 0.4) is 0 Å². The molecule has 2 rings (SSSR count). The van der Waals surface area contributed by atoms with E-state index in [4.69, 9.17) is 26.4 Å². The maximum Gasteiger partial charge on any atom is 0.338 e. The number of anilines is 1. The average Bonchev–Trinajstić information content (AvgIpc) is 2.72. The Labute approximate surface area is 177 Å². The first-order valence-corrected chi connectivity index (χ1v) is 9.92. The minimum absolute atomic E-state index is 0.343. The standard InChI is InChI=1S/C22H28N2O4S/c1-5-28-21(25)17-10-8-15(2)18(14-17)24-22(29)23-12-6-7-16-9-11-19(26-3)20(13-16)27-4/h8-11,13-14H,5-7,12H2,1-4H3,(H2,23,24,29). The molecule has 0 aliphatic rings. The number of ether oxygens (including phenoxy) is 3. The van der Waals surface area contributed by atoms with Gasteiger partial charge in [0.05, 0.1) is 26.4 Å². The van der Waals surface area contributed by atoms with Gasteiger partial charge in [-0.2, -0.15) is 0 Å². The molecular formula is C22H28N2O4S. The quantitative estimate of drug-likeness (QED) is 0.362. The fraction of sp³-hybridized carbons (Fsp3) is 0.364. The lowest BCUT2D eigenvalue weighted by atomic mass is 10.1. The Morgan fingerprint density at radius 3 is 2.52 bits per heavy atom. The van der Waals surface area contributed by atoms with Crippen molar-refractivity contribution in [3.63, 3.8) is 0 Å². The van der Waals surface area contributed by atoms with Gasteiger partial charge in [-0.15, -0.1) is 0 Å². The summed E-state index contributed by atoms with van der Waals surface area (Å²) in [5.41, 5.74) is 3.44. The molecule has 2 aromatic rings. The van der Waals surface area contributed by atoms with Crippen molar-refractivity contribution in [2.24, 2.45) is 0 Å². The van der Waals surface area contributed by atoms with E-state index in [1.807, 2.05) is 31.2 Å². The Bertz CT molecular complexity index is 855. The second kappa shape index (κ2) is 11.3. The number of hydrogen-bond donors (Lipinski definition) is 2. The van der Waals surface area contributed by atoms with Crippen LogP contribution in [0, 0.1) is 6.92 Å². The number of nitrogens with one attached hydrogen (secondary N) is 2. The van der Waals surface area contributed by atoms with Gasteiger partial charge in [-0.1, -0.05) is 12.1 Å². The molecule has 0 fully saturated rings. The third-order valence-corrected chi connectivity index (χ3v) is 4.62. The van der Waals surface area contributed by atoms with Gasteiger partial charge in [0.1, 0.15) is 0 Å². The van der Waals surface area contributed by atoms with Crippen LogP contribution >= 0.6 is 12.2 Å². The summed E-state index contributed by atoms with van der Waals surface area (Å²) in [6.45, 7) is 4.80. The molecule has 6 nitrogen and oxygen atoms in total. The molecule has 7 heteroatoms. The van der Waals surface area contributed by atoms with E-state index in [1.54, 1.807) is 33.3 Å². The smallest absolute Gasteiger partial charge is 0.338 e. The normalized spacial score (nSPS) is 10.2. The van der Waals surface area contributed by atoms with Crippen LogP contribution in [0.5, 0.6) is 11.5 Å². The molecule has 29 heavy (non-hydrogen) atoms. The molecule has 156 valence electrons. The summed E-state index contributed by atoms with van der Waals surface area (Å²) in [5.74, 6) is 1.11. The largest absolute Gasteiger partial charge is 0.493 e. The molecule has 0 radical (unpaired) electrons. The van der Waals surface area contributed by atoms with E-state index in [0.29, 0.717) is 17.3 Å². The predicted molar refractivity (Wildman–Crippen MR) is 119 cm³/mol. The van der Waals surface area contributed by atoms with Crippen LogP contribution < -0.4 is 20.1 Å². The van der Waals surface area contributed by atoms with Gasteiger partial charge in [-0.3, -0.25) is 0 Å². The van der Waals surface area contributed by atoms with Crippen LogP contribution in [0.25, 0.3) is 0 Å². The number of esters is 1. The highest BCUT2D eigenvalue weighted by Crippen LogP contribution is 2.27. The maximum absolute atomic E-state index is 11.9. The molecule has 0 saturated carbocycles. The molecule has 0 aliphatic heterocycles. The van der Waals surface area contributed by atoms with Crippen LogP contribution in [-0.4, -0.2) is 38.5 Å². The highest BCUT2D eigenvalue weighted by Gasteiger charge is 2.10. The monoisotopic (exact) mass is 416 g/mol. The molecule has 0 saturated heterocycles. The van der Waals surface area contributed by atoms with Gasteiger partial charge in [-0.05, 0) is 74.3 Å². The van der Waals surface area contributed by atoms with Crippen molar-refractivity contribution in [3.8, 4) is 11.5 Å². The molecular weight excluding hydrogens is 388 g/mol. The first-order chi connectivity index (χ1) is 14.0. The van der Waals surface area contributed by atoms with Crippen LogP contribution in [0.2, 0.25) is 0 Å². The molecule has 0 bridgehead atoms. The van der Waals surface area contributed by atoms with Gasteiger partial charge in [0.2, 0.25) is 0 Å². The number of thiocarbonyl (C=S) groups is 1. The van der Waals surface area contributed by atoms with E-state index in [-0.39, 0.29) is 5.97 Å². The summed E-state index contributed by atoms with van der Waals surface area (Å²) in [4.78, 5) is 11.9. The molecule has 2 N–H and O–H groups in total. The van der Waals surface area contributed by atoms with Gasteiger partial charge in [-0.25, -0.2) is 4.79 Å². The Hall–Kier alpha value is -2.80. The highest BCUT2D eigenvalue weighted by atomic mass is 32.1. The number of methoxy groups -OCH3 is 2. The van der Waals surface area contributed by atoms with Gasteiger partial charge < -0.3 is 24.8 Å². The van der Waals surface area contributed by atoms with Gasteiger partial charge >= 0.3 is 5.97 Å². The van der Waals surface area contributed by atoms with Crippen LogP contribution in [0.15, 0.2) is 36.4 Å². The lowest BCUT2D eigenvalue weighted by Gasteiger charge is -2.14. The number of rotatable bonds is 9. The molecule has 0 unspecified atom stereocenters. The molecule has 0 aromatic heterocycles. The SMILES string of the molecule is CCOC(=O)c1ccc(C)c(NC(=S)NCCCc2ccc(OC)c(OC)c2)c1. The van der Waals surface area contributed by atoms with Crippen LogP contribution in [0.4, 0.5) is 5.69 Å². The summed E-state index contributed by atoms with van der Waals surface area (Å²) in [5, 5.41) is 6.87. The zero-order valence-electron chi connectivity index (χ0n) is 17.3. The van der Waals surface area contributed by atoms with Gasteiger partial charge in [0.15, 0.2) is 16.6 Å². The van der Waals surface area contributed by atoms with E-state index >= 15 is 0 Å². The van der Waals surface area contributed by atoms with Crippen molar-refractivity contribution in [2.45, 2.75) is 26.7 Å². The summed E-state index contributed by atoms with van der Waals surface area (Å²) in [6, 6.07) is 11.3. The van der Waals surface area contributed by atoms with E-state index < -0.39 is 0 Å². The number of hydrogen-bond acceptors (Lipinski definition) is 5. The Kier molecular flexibility index (Phi) is 8.73. The third-order valence-electron chi connectivity index (χ3n) is 4.37. The zero-order valence-corrected chi connectivity index (χ0v) is 18.2. The van der Waals surface area contributed by atoms with Crippen molar-refractivity contribution < 1.29 is 19.0 Å². The van der Waals surface area contributed by atoms with Crippen molar-refractivity contribution in [1.82, 2.24) is 5.32 Å². The molecule has 0 aliphatic carbocycles. The molecule has 2 aromatic carbocycles. The lowest BCUT2D eigenvalue weighted by Crippen LogP contribution is -2.29. The van der Waals surface area contributed by atoms with Crippen molar-refractivity contribution in [1.29, 1.82) is 0 Å². The van der Waals surface area contributed by atoms with Crippen LogP contribution in [0.1, 0.15) is 34.8 Å². The number of benzene rings is 2. The van der Waals surface area contributed by atoms with E-state index in [1.165, 1.54) is 5.56 Å². The van der Waals surface area contributed by atoms with E-state index in [2.05, 4.69) is 10.6 Å². The maximum atomic E-state index is 11.9. The Morgan fingerprint density at radius 1 is 1.07 bits per heavy atom. The Balaban J connectivity index is 1.84. The molecule has 0 spiro atoms. The second-order valence-electron chi connectivity index (χ2n) is 6.42. The van der Waals surface area contributed by atoms with Gasteiger partial charge in [0.25, 0.3) is 0 Å². The van der Waals surface area contributed by atoms with E-state index in [0.717, 1.165) is 42.1 Å². The number of aryl methyl sites for hydroxylation is 2. The minimum Gasteiger partial charge on any atom is -0.493 e. The van der Waals surface area contributed by atoms with Gasteiger partial charge in [0, 0.05) is 12.2 Å². The summed E-state index contributed by atoms with van der Waals surface area (Å²) >= 11 is 5.38. The number of carbonyl (C=O) groups excluding carboxylic acids is 1. The Morgan fingerprint density at radius 2 is 1.83 bits per heavy atom. The van der Waals surface area contributed by atoms with E-state index in [9.17, 15) is 4.79 Å². The molecule has 0 heterocycles. The van der Waals surface area contributed by atoms with Crippen molar-refractivity contribution in [2.75, 3.05) is 32.7 Å². The molecule has 0 atom stereocenters. The second-order valence-corrected chi connectivity index (χ2v) is 6.83. The third kappa shape index (κ3) is 6.64. The summed E-state index contributed by atoms with van der Waals surface area (Å²) < 4.78 is 15.6. The fourth-order valence-corrected chi connectivity index (χ4v) is 3.01. The van der Waals surface area contributed by atoms with Crippen molar-refractivity contribution >= 4 is 29.0 Å².